The summed E-state index contributed by atoms with van der Waals surface area (Å²) >= 11 is 0. The van der Waals surface area contributed by atoms with E-state index in [-0.39, 0.29) is 31.0 Å². The highest BCUT2D eigenvalue weighted by atomic mass is 19.1. The van der Waals surface area contributed by atoms with E-state index in [0.717, 1.165) is 18.2 Å². The molecule has 0 unspecified atom stereocenters. The Hall–Kier alpha value is -2.35. The van der Waals surface area contributed by atoms with Gasteiger partial charge in [0.2, 0.25) is 0 Å². The molecule has 0 saturated heterocycles. The predicted octanol–water partition coefficient (Wildman–Crippen LogP) is 1.24. The molecule has 0 radical (unpaired) electrons. The molecule has 2 aromatic rings. The molecule has 21 heavy (non-hydrogen) atoms. The number of benzene rings is 1. The van der Waals surface area contributed by atoms with Crippen LogP contribution in [0.3, 0.4) is 0 Å². The highest BCUT2D eigenvalue weighted by molar-refractivity contribution is 5.88. The van der Waals surface area contributed by atoms with Crippen LogP contribution < -0.4 is 5.73 Å². The molecule has 0 amide bonds. The van der Waals surface area contributed by atoms with Gasteiger partial charge in [0, 0.05) is 12.1 Å². The highest BCUT2D eigenvalue weighted by Gasteiger charge is 2.20. The zero-order valence-corrected chi connectivity index (χ0v) is 11.3. The average molecular weight is 296 g/mol. The average Bonchev–Trinajstić information content (AvgIpc) is 2.86. The van der Waals surface area contributed by atoms with E-state index in [2.05, 4.69) is 10.3 Å². The smallest absolute Gasteiger partial charge is 0.360 e. The lowest BCUT2D eigenvalue weighted by Gasteiger charge is -2.07. The summed E-state index contributed by atoms with van der Waals surface area (Å²) in [6, 6.07) is 3.10. The van der Waals surface area contributed by atoms with E-state index < -0.39 is 17.6 Å². The van der Waals surface area contributed by atoms with Gasteiger partial charge in [-0.1, -0.05) is 5.21 Å². The summed E-state index contributed by atoms with van der Waals surface area (Å²) in [4.78, 5) is 11.7. The van der Waals surface area contributed by atoms with Crippen molar-refractivity contribution >= 4 is 5.97 Å². The Balaban J connectivity index is 2.32. The van der Waals surface area contributed by atoms with E-state index in [1.165, 1.54) is 4.68 Å². The zero-order chi connectivity index (χ0) is 15.4. The molecule has 0 bridgehead atoms. The van der Waals surface area contributed by atoms with Gasteiger partial charge in [-0.2, -0.15) is 0 Å². The highest BCUT2D eigenvalue weighted by Crippen LogP contribution is 2.14. The van der Waals surface area contributed by atoms with Crippen molar-refractivity contribution in [1.29, 1.82) is 0 Å². The fraction of sp³-hybridized carbons (Fsp3) is 0.308. The fourth-order valence-corrected chi connectivity index (χ4v) is 1.85. The van der Waals surface area contributed by atoms with Crippen LogP contribution in [0, 0.1) is 11.6 Å². The molecule has 1 aromatic heterocycles. The van der Waals surface area contributed by atoms with Gasteiger partial charge in [0.05, 0.1) is 18.8 Å². The third-order valence-electron chi connectivity index (χ3n) is 2.83. The Kier molecular flexibility index (Phi) is 4.59. The standard InChI is InChI=1S/C13H14F2N4O2/c1-2-21-13(20)12-11(6-16)19(18-17-12)7-8-5-9(14)3-4-10(8)15/h3-5H,2,6-7,16H2,1H3. The number of nitrogens with two attached hydrogens (primary N) is 1. The molecule has 6 nitrogen and oxygen atoms in total. The zero-order valence-electron chi connectivity index (χ0n) is 11.3. The van der Waals surface area contributed by atoms with Crippen molar-refractivity contribution in [2.45, 2.75) is 20.0 Å². The SMILES string of the molecule is CCOC(=O)c1nnn(Cc2cc(F)ccc2F)c1CN. The van der Waals surface area contributed by atoms with E-state index in [9.17, 15) is 13.6 Å². The first kappa shape index (κ1) is 15.0. The molecule has 2 N–H and O–H groups in total. The summed E-state index contributed by atoms with van der Waals surface area (Å²) < 4.78 is 32.9. The third kappa shape index (κ3) is 3.22. The second-order valence-corrected chi connectivity index (χ2v) is 4.20. The van der Waals surface area contributed by atoms with Crippen LogP contribution in [-0.4, -0.2) is 27.6 Å². The topological polar surface area (TPSA) is 83.0 Å². The Morgan fingerprint density at radius 1 is 1.43 bits per heavy atom. The fourth-order valence-electron chi connectivity index (χ4n) is 1.85. The molecular weight excluding hydrogens is 282 g/mol. The molecule has 0 aliphatic heterocycles. The number of nitrogens with zero attached hydrogens (tertiary/aromatic N) is 3. The number of ether oxygens (including phenoxy) is 1. The second-order valence-electron chi connectivity index (χ2n) is 4.20. The van der Waals surface area contributed by atoms with Crippen molar-refractivity contribution in [1.82, 2.24) is 15.0 Å². The summed E-state index contributed by atoms with van der Waals surface area (Å²) in [5, 5.41) is 7.45. The second kappa shape index (κ2) is 6.40. The van der Waals surface area contributed by atoms with E-state index in [0.29, 0.717) is 5.69 Å². The Labute approximate surface area is 119 Å². The molecule has 112 valence electrons. The summed E-state index contributed by atoms with van der Waals surface area (Å²) in [6.07, 6.45) is 0. The maximum Gasteiger partial charge on any atom is 0.360 e. The van der Waals surface area contributed by atoms with Crippen LogP contribution in [0.5, 0.6) is 0 Å². The number of halogens is 2. The molecule has 1 aromatic carbocycles. The van der Waals surface area contributed by atoms with Gasteiger partial charge in [-0.3, -0.25) is 0 Å². The van der Waals surface area contributed by atoms with Crippen molar-refractivity contribution in [3.05, 3.63) is 46.8 Å². The lowest BCUT2D eigenvalue weighted by atomic mass is 10.2. The molecule has 2 rings (SSSR count). The molecule has 0 atom stereocenters. The molecular formula is C13H14F2N4O2. The minimum atomic E-state index is -0.649. The molecule has 0 saturated carbocycles. The number of carbonyl (C=O) groups is 1. The van der Waals surface area contributed by atoms with Crippen molar-refractivity contribution in [2.75, 3.05) is 6.61 Å². The van der Waals surface area contributed by atoms with Gasteiger partial charge in [0.1, 0.15) is 11.6 Å². The van der Waals surface area contributed by atoms with Crippen LogP contribution in [0.2, 0.25) is 0 Å². The molecule has 1 heterocycles. The number of hydrogen-bond acceptors (Lipinski definition) is 5. The van der Waals surface area contributed by atoms with Crippen LogP contribution in [0.1, 0.15) is 28.7 Å². The van der Waals surface area contributed by atoms with E-state index in [1.807, 2.05) is 0 Å². The maximum atomic E-state index is 13.6. The van der Waals surface area contributed by atoms with Crippen LogP contribution in [0.15, 0.2) is 18.2 Å². The Bertz CT molecular complexity index is 658. The molecule has 0 fully saturated rings. The van der Waals surface area contributed by atoms with Gasteiger partial charge in [-0.25, -0.2) is 18.3 Å². The van der Waals surface area contributed by atoms with Gasteiger partial charge < -0.3 is 10.5 Å². The van der Waals surface area contributed by atoms with Crippen LogP contribution >= 0.6 is 0 Å². The number of aromatic nitrogens is 3. The Morgan fingerprint density at radius 2 is 2.19 bits per heavy atom. The number of hydrogen-bond donors (Lipinski definition) is 1. The lowest BCUT2D eigenvalue weighted by molar-refractivity contribution is 0.0518. The van der Waals surface area contributed by atoms with Crippen LogP contribution in [0.25, 0.3) is 0 Å². The van der Waals surface area contributed by atoms with Gasteiger partial charge in [0.25, 0.3) is 0 Å². The van der Waals surface area contributed by atoms with Gasteiger partial charge in [-0.15, -0.1) is 5.10 Å². The largest absolute Gasteiger partial charge is 0.461 e. The first-order valence-corrected chi connectivity index (χ1v) is 6.30. The molecule has 0 aliphatic rings. The number of carbonyl (C=O) groups excluding carboxylic acids is 1. The summed E-state index contributed by atoms with van der Waals surface area (Å²) in [5.74, 6) is -1.79. The number of rotatable bonds is 5. The minimum absolute atomic E-state index is 0.0174. The summed E-state index contributed by atoms with van der Waals surface area (Å²) in [7, 11) is 0. The first-order valence-electron chi connectivity index (χ1n) is 6.30. The van der Waals surface area contributed by atoms with Gasteiger partial charge in [0.15, 0.2) is 5.69 Å². The predicted molar refractivity (Wildman–Crippen MR) is 69.3 cm³/mol. The molecule has 0 aliphatic carbocycles. The van der Waals surface area contributed by atoms with Crippen molar-refractivity contribution in [3.8, 4) is 0 Å². The Morgan fingerprint density at radius 3 is 2.86 bits per heavy atom. The molecule has 8 heteroatoms. The maximum absolute atomic E-state index is 13.6. The van der Waals surface area contributed by atoms with Crippen molar-refractivity contribution in [2.24, 2.45) is 5.73 Å². The summed E-state index contributed by atoms with van der Waals surface area (Å²) in [5.41, 5.74) is 5.95. The minimum Gasteiger partial charge on any atom is -0.461 e. The first-order chi connectivity index (χ1) is 10.1. The summed E-state index contributed by atoms with van der Waals surface area (Å²) in [6.45, 7) is 1.74. The van der Waals surface area contributed by atoms with Crippen molar-refractivity contribution < 1.29 is 18.3 Å². The normalized spacial score (nSPS) is 10.7. The van der Waals surface area contributed by atoms with E-state index in [1.54, 1.807) is 6.92 Å². The lowest BCUT2D eigenvalue weighted by Crippen LogP contribution is -2.15. The quantitative estimate of drug-likeness (QED) is 0.839. The van der Waals surface area contributed by atoms with Gasteiger partial charge >= 0.3 is 5.97 Å². The van der Waals surface area contributed by atoms with E-state index in [4.69, 9.17) is 10.5 Å². The van der Waals surface area contributed by atoms with Crippen molar-refractivity contribution in [3.63, 3.8) is 0 Å². The van der Waals surface area contributed by atoms with Gasteiger partial charge in [-0.05, 0) is 25.1 Å². The van der Waals surface area contributed by atoms with Crippen LogP contribution in [-0.2, 0) is 17.8 Å². The molecule has 0 spiro atoms. The van der Waals surface area contributed by atoms with E-state index >= 15 is 0 Å². The third-order valence-corrected chi connectivity index (χ3v) is 2.83. The van der Waals surface area contributed by atoms with Crippen LogP contribution in [0.4, 0.5) is 8.78 Å². The number of esters is 1. The monoisotopic (exact) mass is 296 g/mol.